The lowest BCUT2D eigenvalue weighted by molar-refractivity contribution is -0.150. The molecule has 9 nitrogen and oxygen atoms in total. The number of sulfone groups is 1. The van der Waals surface area contributed by atoms with Crippen molar-refractivity contribution in [3.8, 4) is 0 Å². The van der Waals surface area contributed by atoms with Crippen molar-refractivity contribution in [2.75, 3.05) is 12.3 Å². The van der Waals surface area contributed by atoms with Crippen LogP contribution in [0.1, 0.15) is 79.6 Å². The van der Waals surface area contributed by atoms with Crippen LogP contribution in [0.4, 0.5) is 4.79 Å². The third-order valence-corrected chi connectivity index (χ3v) is 9.37. The van der Waals surface area contributed by atoms with Gasteiger partial charge in [0.1, 0.15) is 12.1 Å². The van der Waals surface area contributed by atoms with Gasteiger partial charge < -0.3 is 20.6 Å². The molecule has 3 amide bonds. The molecule has 1 heterocycles. The fraction of sp³-hybridized carbons (Fsp3) is 0.864. The van der Waals surface area contributed by atoms with Crippen molar-refractivity contribution in [3.63, 3.8) is 0 Å². The van der Waals surface area contributed by atoms with Gasteiger partial charge in [0, 0.05) is 12.3 Å². The number of carboxylic acids is 1. The Morgan fingerprint density at radius 1 is 1.12 bits per heavy atom. The van der Waals surface area contributed by atoms with Crippen LogP contribution in [0.15, 0.2) is 0 Å². The smallest absolute Gasteiger partial charge is 0.326 e. The number of likely N-dealkylation sites (tertiary alicyclic amines) is 1. The van der Waals surface area contributed by atoms with E-state index in [9.17, 15) is 27.9 Å². The Morgan fingerprint density at radius 2 is 1.72 bits per heavy atom. The minimum absolute atomic E-state index is 0.00610. The number of urea groups is 1. The minimum Gasteiger partial charge on any atom is -0.480 e. The fourth-order valence-corrected chi connectivity index (χ4v) is 6.39. The molecule has 0 spiro atoms. The summed E-state index contributed by atoms with van der Waals surface area (Å²) >= 11 is 0. The van der Waals surface area contributed by atoms with E-state index in [2.05, 4.69) is 10.6 Å². The second-order valence-electron chi connectivity index (χ2n) is 10.2. The Kier molecular flexibility index (Phi) is 8.23. The summed E-state index contributed by atoms with van der Waals surface area (Å²) in [5, 5.41) is 14.4. The van der Waals surface area contributed by atoms with Gasteiger partial charge in [-0.25, -0.2) is 18.0 Å². The van der Waals surface area contributed by atoms with Crippen molar-refractivity contribution in [1.82, 2.24) is 15.5 Å². The van der Waals surface area contributed by atoms with Crippen LogP contribution in [0, 0.1) is 5.41 Å². The molecule has 1 unspecified atom stereocenters. The van der Waals surface area contributed by atoms with Crippen LogP contribution >= 0.6 is 0 Å². The van der Waals surface area contributed by atoms with Crippen molar-refractivity contribution < 1.29 is 27.9 Å². The first-order valence-electron chi connectivity index (χ1n) is 11.6. The zero-order valence-corrected chi connectivity index (χ0v) is 20.8. The van der Waals surface area contributed by atoms with E-state index in [0.717, 1.165) is 19.3 Å². The minimum atomic E-state index is -3.39. The Bertz CT molecular complexity index is 814. The molecule has 3 N–H and O–H groups in total. The quantitative estimate of drug-likeness (QED) is 0.520. The summed E-state index contributed by atoms with van der Waals surface area (Å²) < 4.78 is 25.3. The van der Waals surface area contributed by atoms with Gasteiger partial charge in [-0.05, 0) is 38.0 Å². The molecule has 3 atom stereocenters. The van der Waals surface area contributed by atoms with E-state index in [-0.39, 0.29) is 5.75 Å². The standard InChI is InChI=1S/C22H39N3O6S/c1-6-32(30,31)15(2)22(12-8-7-9-13-22)24-20(29)23-17(21(3,4)5)18(26)25-14-10-11-16(25)19(27)28/h15-17H,6-14H2,1-5H3,(H,27,28)(H2,23,24,29)/t15?,16-,17+/m0/s1. The van der Waals surface area contributed by atoms with Crippen LogP contribution < -0.4 is 10.6 Å². The van der Waals surface area contributed by atoms with Crippen molar-refractivity contribution in [2.45, 2.75) is 102 Å². The van der Waals surface area contributed by atoms with E-state index in [1.165, 1.54) is 4.90 Å². The predicted octanol–water partition coefficient (Wildman–Crippen LogP) is 2.30. The maximum atomic E-state index is 13.3. The van der Waals surface area contributed by atoms with Crippen LogP contribution in [-0.4, -0.2) is 71.5 Å². The number of rotatable bonds is 7. The van der Waals surface area contributed by atoms with E-state index in [0.29, 0.717) is 32.2 Å². The first-order chi connectivity index (χ1) is 14.7. The lowest BCUT2D eigenvalue weighted by atomic mass is 9.79. The Labute approximate surface area is 191 Å². The van der Waals surface area contributed by atoms with Gasteiger partial charge >= 0.3 is 12.0 Å². The van der Waals surface area contributed by atoms with E-state index in [1.807, 2.05) is 20.8 Å². The molecule has 0 aromatic rings. The summed E-state index contributed by atoms with van der Waals surface area (Å²) in [5.41, 5.74) is -1.55. The number of nitrogens with zero attached hydrogens (tertiary/aromatic N) is 1. The molecule has 1 aliphatic heterocycles. The monoisotopic (exact) mass is 473 g/mol. The SMILES string of the molecule is CCS(=O)(=O)C(C)C1(NC(=O)N[C@H](C(=O)N2CCC[C@H]2C(=O)O)C(C)(C)C)CCCCC1. The van der Waals surface area contributed by atoms with Gasteiger partial charge in [0.05, 0.1) is 10.8 Å². The van der Waals surface area contributed by atoms with Gasteiger partial charge in [0.25, 0.3) is 0 Å². The lowest BCUT2D eigenvalue weighted by Crippen LogP contribution is -2.64. The number of carboxylic acid groups (broad SMARTS) is 1. The fourth-order valence-electron chi connectivity index (χ4n) is 4.90. The summed E-state index contributed by atoms with van der Waals surface area (Å²) in [6.45, 7) is 9.01. The Hall–Kier alpha value is -1.84. The van der Waals surface area contributed by atoms with Gasteiger partial charge in [0.2, 0.25) is 5.91 Å². The summed E-state index contributed by atoms with van der Waals surface area (Å²) in [6.07, 6.45) is 4.73. The van der Waals surface area contributed by atoms with Crippen molar-refractivity contribution >= 4 is 27.7 Å². The summed E-state index contributed by atoms with van der Waals surface area (Å²) in [5.74, 6) is -1.48. The van der Waals surface area contributed by atoms with Crippen LogP contribution in [-0.2, 0) is 19.4 Å². The summed E-state index contributed by atoms with van der Waals surface area (Å²) in [6, 6.07) is -2.43. The number of carbonyl (C=O) groups excluding carboxylic acids is 2. The molecular weight excluding hydrogens is 434 g/mol. The molecular formula is C22H39N3O6S. The number of nitrogens with one attached hydrogen (secondary N) is 2. The highest BCUT2D eigenvalue weighted by Crippen LogP contribution is 2.35. The summed E-state index contributed by atoms with van der Waals surface area (Å²) in [7, 11) is -3.39. The molecule has 1 aliphatic carbocycles. The van der Waals surface area contributed by atoms with Crippen LogP contribution in [0.5, 0.6) is 0 Å². The van der Waals surface area contributed by atoms with Gasteiger partial charge in [-0.3, -0.25) is 4.79 Å². The van der Waals surface area contributed by atoms with E-state index < -0.39 is 56.0 Å². The molecule has 1 saturated carbocycles. The van der Waals surface area contributed by atoms with E-state index in [1.54, 1.807) is 13.8 Å². The lowest BCUT2D eigenvalue weighted by Gasteiger charge is -2.43. The molecule has 0 bridgehead atoms. The number of aliphatic carboxylic acids is 1. The molecule has 2 aliphatic rings. The number of hydrogen-bond acceptors (Lipinski definition) is 5. The summed E-state index contributed by atoms with van der Waals surface area (Å²) in [4.78, 5) is 39.3. The van der Waals surface area contributed by atoms with Crippen molar-refractivity contribution in [2.24, 2.45) is 5.41 Å². The highest BCUT2D eigenvalue weighted by Gasteiger charge is 2.46. The zero-order chi connectivity index (χ0) is 24.3. The first-order valence-corrected chi connectivity index (χ1v) is 13.3. The van der Waals surface area contributed by atoms with E-state index in [4.69, 9.17) is 0 Å². The molecule has 1 saturated heterocycles. The third-order valence-electron chi connectivity index (χ3n) is 7.04. The third kappa shape index (κ3) is 5.74. The van der Waals surface area contributed by atoms with Crippen molar-refractivity contribution in [3.05, 3.63) is 0 Å². The largest absolute Gasteiger partial charge is 0.480 e. The van der Waals surface area contributed by atoms with Gasteiger partial charge in [-0.2, -0.15) is 0 Å². The Balaban J connectivity index is 2.25. The highest BCUT2D eigenvalue weighted by atomic mass is 32.2. The number of amides is 3. The molecule has 10 heteroatoms. The van der Waals surface area contributed by atoms with Gasteiger partial charge in [-0.15, -0.1) is 0 Å². The average Bonchev–Trinajstić information content (AvgIpc) is 3.21. The number of hydrogen-bond donors (Lipinski definition) is 3. The maximum absolute atomic E-state index is 13.3. The molecule has 0 aromatic heterocycles. The molecule has 0 aromatic carbocycles. The molecule has 2 fully saturated rings. The molecule has 2 rings (SSSR count). The van der Waals surface area contributed by atoms with Gasteiger partial charge in [-0.1, -0.05) is 47.0 Å². The van der Waals surface area contributed by atoms with E-state index >= 15 is 0 Å². The number of carbonyl (C=O) groups is 3. The predicted molar refractivity (Wildman–Crippen MR) is 122 cm³/mol. The van der Waals surface area contributed by atoms with Crippen LogP contribution in [0.2, 0.25) is 0 Å². The second-order valence-corrected chi connectivity index (χ2v) is 12.8. The average molecular weight is 474 g/mol. The van der Waals surface area contributed by atoms with Gasteiger partial charge in [0.15, 0.2) is 9.84 Å². The van der Waals surface area contributed by atoms with Crippen molar-refractivity contribution in [1.29, 1.82) is 0 Å². The molecule has 184 valence electrons. The Morgan fingerprint density at radius 3 is 2.22 bits per heavy atom. The second kappa shape index (κ2) is 9.97. The zero-order valence-electron chi connectivity index (χ0n) is 19.9. The van der Waals surface area contributed by atoms with Crippen LogP contribution in [0.3, 0.4) is 0 Å². The normalized spacial score (nSPS) is 23.3. The topological polar surface area (TPSA) is 133 Å². The first kappa shape index (κ1) is 26.4. The molecule has 0 radical (unpaired) electrons. The van der Waals surface area contributed by atoms with Crippen LogP contribution in [0.25, 0.3) is 0 Å². The molecule has 32 heavy (non-hydrogen) atoms. The highest BCUT2D eigenvalue weighted by molar-refractivity contribution is 7.92. The maximum Gasteiger partial charge on any atom is 0.326 e.